The number of halogens is 2. The van der Waals surface area contributed by atoms with Gasteiger partial charge >= 0.3 is 6.11 Å². The summed E-state index contributed by atoms with van der Waals surface area (Å²) in [6.07, 6.45) is 4.00. The van der Waals surface area contributed by atoms with E-state index >= 15 is 0 Å². The highest BCUT2D eigenvalue weighted by molar-refractivity contribution is 5.47. The predicted octanol–water partition coefficient (Wildman–Crippen LogP) is 7.83. The number of alkyl halides is 2. The molecule has 1 fully saturated rings. The molecule has 0 aromatic heterocycles. The topological polar surface area (TPSA) is 27.7 Å². The van der Waals surface area contributed by atoms with Gasteiger partial charge in [-0.3, -0.25) is 0 Å². The molecule has 0 N–H and O–H groups in total. The summed E-state index contributed by atoms with van der Waals surface area (Å²) in [4.78, 5) is 0. The molecular weight excluding hydrogens is 410 g/mol. The molecule has 0 aliphatic heterocycles. The summed E-state index contributed by atoms with van der Waals surface area (Å²) >= 11 is 0. The quantitative estimate of drug-likeness (QED) is 0.372. The average Bonchev–Trinajstić information content (AvgIpc) is 2.78. The SMILES string of the molecule is CCCC1CCC(c2ccc(OC(F)(F)COc3ccc(OCC)c(C)c3C)cc2)CC1. The number of hydrogen-bond donors (Lipinski definition) is 0. The van der Waals surface area contributed by atoms with E-state index < -0.39 is 12.7 Å². The summed E-state index contributed by atoms with van der Waals surface area (Å²) in [7, 11) is 0. The van der Waals surface area contributed by atoms with Gasteiger partial charge in [0.1, 0.15) is 17.2 Å². The van der Waals surface area contributed by atoms with Gasteiger partial charge in [-0.15, -0.1) is 0 Å². The highest BCUT2D eigenvalue weighted by Gasteiger charge is 2.33. The second-order valence-electron chi connectivity index (χ2n) is 8.85. The molecule has 0 heterocycles. The lowest BCUT2D eigenvalue weighted by Gasteiger charge is -2.28. The Kier molecular flexibility index (Phi) is 8.38. The molecule has 0 amide bonds. The van der Waals surface area contributed by atoms with Crippen LogP contribution in [0, 0.1) is 19.8 Å². The van der Waals surface area contributed by atoms with Crippen LogP contribution in [0.15, 0.2) is 36.4 Å². The van der Waals surface area contributed by atoms with Crippen LogP contribution in [0.25, 0.3) is 0 Å². The van der Waals surface area contributed by atoms with Crippen LogP contribution in [0.5, 0.6) is 17.2 Å². The third kappa shape index (κ3) is 6.36. The minimum Gasteiger partial charge on any atom is -0.494 e. The van der Waals surface area contributed by atoms with E-state index in [4.69, 9.17) is 14.2 Å². The van der Waals surface area contributed by atoms with Crippen LogP contribution < -0.4 is 14.2 Å². The minimum absolute atomic E-state index is 0.154. The lowest BCUT2D eigenvalue weighted by atomic mass is 9.77. The molecule has 0 bridgehead atoms. The second-order valence-corrected chi connectivity index (χ2v) is 8.85. The fourth-order valence-corrected chi connectivity index (χ4v) is 4.60. The molecule has 0 unspecified atom stereocenters. The Hall–Kier alpha value is -2.30. The van der Waals surface area contributed by atoms with E-state index in [2.05, 4.69) is 6.92 Å². The van der Waals surface area contributed by atoms with Gasteiger partial charge in [0.05, 0.1) is 6.61 Å². The molecule has 32 heavy (non-hydrogen) atoms. The smallest absolute Gasteiger partial charge is 0.432 e. The highest BCUT2D eigenvalue weighted by Crippen LogP contribution is 2.38. The van der Waals surface area contributed by atoms with Gasteiger partial charge in [0.2, 0.25) is 0 Å². The van der Waals surface area contributed by atoms with Crippen molar-refractivity contribution >= 4 is 0 Å². The predicted molar refractivity (Wildman–Crippen MR) is 124 cm³/mol. The second kappa shape index (κ2) is 11.0. The molecule has 0 radical (unpaired) electrons. The lowest BCUT2D eigenvalue weighted by Crippen LogP contribution is -2.32. The standard InChI is InChI=1S/C27H36F2O3/c1-5-7-21-8-10-22(11-9-21)23-12-14-24(15-13-23)32-27(28,29)18-31-26-17-16-25(30-6-2)19(3)20(26)4/h12-17,21-22H,5-11,18H2,1-4H3. The van der Waals surface area contributed by atoms with Crippen molar-refractivity contribution in [2.24, 2.45) is 5.92 Å². The van der Waals surface area contributed by atoms with Crippen molar-refractivity contribution in [1.29, 1.82) is 0 Å². The van der Waals surface area contributed by atoms with Gasteiger partial charge in [-0.2, -0.15) is 8.78 Å². The molecule has 2 aromatic carbocycles. The first-order chi connectivity index (χ1) is 15.3. The summed E-state index contributed by atoms with van der Waals surface area (Å²) < 4.78 is 44.8. The molecule has 176 valence electrons. The Balaban J connectivity index is 1.55. The van der Waals surface area contributed by atoms with Crippen molar-refractivity contribution in [3.05, 3.63) is 53.1 Å². The number of ether oxygens (including phenoxy) is 3. The summed E-state index contributed by atoms with van der Waals surface area (Å²) in [5.41, 5.74) is 2.88. The molecule has 0 atom stereocenters. The summed E-state index contributed by atoms with van der Waals surface area (Å²) in [5.74, 6) is 2.66. The number of rotatable bonds is 10. The van der Waals surface area contributed by atoms with Crippen molar-refractivity contribution in [2.75, 3.05) is 13.2 Å². The van der Waals surface area contributed by atoms with Crippen LogP contribution >= 0.6 is 0 Å². The Bertz CT molecular complexity index is 856. The molecule has 1 aliphatic rings. The molecular formula is C27H36F2O3. The van der Waals surface area contributed by atoms with Gasteiger partial charge in [-0.25, -0.2) is 0 Å². The number of hydrogen-bond acceptors (Lipinski definition) is 3. The Morgan fingerprint density at radius 1 is 0.844 bits per heavy atom. The summed E-state index contributed by atoms with van der Waals surface area (Å²) in [5, 5.41) is 0. The minimum atomic E-state index is -3.43. The fourth-order valence-electron chi connectivity index (χ4n) is 4.60. The van der Waals surface area contributed by atoms with Crippen molar-refractivity contribution in [3.63, 3.8) is 0 Å². The molecule has 2 aromatic rings. The van der Waals surface area contributed by atoms with Gasteiger partial charge in [0.15, 0.2) is 6.61 Å². The van der Waals surface area contributed by atoms with E-state index in [9.17, 15) is 8.78 Å². The Labute approximate surface area is 191 Å². The van der Waals surface area contributed by atoms with Gasteiger partial charge in [-0.1, -0.05) is 31.9 Å². The van der Waals surface area contributed by atoms with Crippen molar-refractivity contribution in [1.82, 2.24) is 0 Å². The van der Waals surface area contributed by atoms with E-state index in [-0.39, 0.29) is 5.75 Å². The lowest BCUT2D eigenvalue weighted by molar-refractivity contribution is -0.195. The zero-order valence-electron chi connectivity index (χ0n) is 19.8. The van der Waals surface area contributed by atoms with E-state index in [1.165, 1.54) is 44.1 Å². The largest absolute Gasteiger partial charge is 0.494 e. The Morgan fingerprint density at radius 3 is 2.00 bits per heavy atom. The van der Waals surface area contributed by atoms with Gasteiger partial charge in [-0.05, 0) is 99.2 Å². The zero-order chi connectivity index (χ0) is 23.1. The molecule has 3 rings (SSSR count). The molecule has 1 aliphatic carbocycles. The number of benzene rings is 2. The maximum atomic E-state index is 14.4. The van der Waals surface area contributed by atoms with Crippen molar-refractivity contribution < 1.29 is 23.0 Å². The first kappa shape index (κ1) is 24.3. The van der Waals surface area contributed by atoms with E-state index in [0.29, 0.717) is 18.3 Å². The zero-order valence-corrected chi connectivity index (χ0v) is 19.8. The maximum absolute atomic E-state index is 14.4. The van der Waals surface area contributed by atoms with Crippen molar-refractivity contribution in [2.45, 2.75) is 78.2 Å². The molecule has 1 saturated carbocycles. The van der Waals surface area contributed by atoms with Crippen LogP contribution in [-0.4, -0.2) is 19.3 Å². The normalized spacial score (nSPS) is 18.9. The molecule has 5 heteroatoms. The average molecular weight is 447 g/mol. The first-order valence-corrected chi connectivity index (χ1v) is 11.9. The monoisotopic (exact) mass is 446 g/mol. The third-order valence-electron chi connectivity index (χ3n) is 6.55. The van der Waals surface area contributed by atoms with E-state index in [1.54, 1.807) is 24.3 Å². The molecule has 0 saturated heterocycles. The van der Waals surface area contributed by atoms with E-state index in [1.807, 2.05) is 32.9 Å². The fraction of sp³-hybridized carbons (Fsp3) is 0.556. The highest BCUT2D eigenvalue weighted by atomic mass is 19.3. The summed E-state index contributed by atoms with van der Waals surface area (Å²) in [6, 6.07) is 10.6. The van der Waals surface area contributed by atoms with Gasteiger partial charge in [0, 0.05) is 0 Å². The third-order valence-corrected chi connectivity index (χ3v) is 6.55. The van der Waals surface area contributed by atoms with Crippen LogP contribution in [0.4, 0.5) is 8.78 Å². The summed E-state index contributed by atoms with van der Waals surface area (Å²) in [6.45, 7) is 7.56. The van der Waals surface area contributed by atoms with Crippen LogP contribution in [0.2, 0.25) is 0 Å². The molecule has 0 spiro atoms. The van der Waals surface area contributed by atoms with E-state index in [0.717, 1.165) is 22.8 Å². The van der Waals surface area contributed by atoms with Crippen LogP contribution in [-0.2, 0) is 0 Å². The van der Waals surface area contributed by atoms with Gasteiger partial charge < -0.3 is 14.2 Å². The van der Waals surface area contributed by atoms with Gasteiger partial charge in [0.25, 0.3) is 0 Å². The van der Waals surface area contributed by atoms with Crippen molar-refractivity contribution in [3.8, 4) is 17.2 Å². The maximum Gasteiger partial charge on any atom is 0.432 e. The van der Waals surface area contributed by atoms with Crippen LogP contribution in [0.3, 0.4) is 0 Å². The Morgan fingerprint density at radius 2 is 1.44 bits per heavy atom. The van der Waals surface area contributed by atoms with Crippen LogP contribution in [0.1, 0.15) is 75.0 Å². The molecule has 3 nitrogen and oxygen atoms in total. The first-order valence-electron chi connectivity index (χ1n) is 11.9.